The maximum atomic E-state index is 9.19. The Morgan fingerprint density at radius 2 is 1.11 bits per heavy atom. The number of rotatable bonds is 2. The third-order valence-corrected chi connectivity index (χ3v) is 0.944. The maximum absolute atomic E-state index is 9.19. The molecule has 0 radical (unpaired) electrons. The SMILES string of the molecule is [O]=[Cr][O][Cr]=[O].[O]=[Cu].[O]=[Cu]. The fourth-order valence-corrected chi connectivity index (χ4v) is 0.193. The molecular weight excluding hydrogens is 311 g/mol. The summed E-state index contributed by atoms with van der Waals surface area (Å²) in [7, 11) is 0. The summed E-state index contributed by atoms with van der Waals surface area (Å²) in [6.45, 7) is 0. The van der Waals surface area contributed by atoms with Crippen LogP contribution in [-0.4, -0.2) is 0 Å². The zero-order valence-electron chi connectivity index (χ0n) is 3.46. The molecule has 5 nitrogen and oxygen atoms in total. The van der Waals surface area contributed by atoms with E-state index in [-0.39, 0.29) is 0 Å². The summed E-state index contributed by atoms with van der Waals surface area (Å²) in [5, 5.41) is 0. The predicted molar refractivity (Wildman–Crippen MR) is 3.83 cm³/mol. The Balaban J connectivity index is -0.0000000771. The molecule has 0 aliphatic heterocycles. The molecule has 0 aliphatic carbocycles. The fraction of sp³-hybridized carbons (Fsp3) is 0. The molecule has 0 bridgehead atoms. The molecule has 0 aliphatic rings. The molecular formula is Cr2Cu2O5. The molecule has 0 saturated carbocycles. The van der Waals surface area contributed by atoms with Gasteiger partial charge in [0.05, 0.1) is 0 Å². The summed E-state index contributed by atoms with van der Waals surface area (Å²) < 4.78 is 37.8. The second-order valence-corrected chi connectivity index (χ2v) is 1.72. The monoisotopic (exact) mass is 310 g/mol. The summed E-state index contributed by atoms with van der Waals surface area (Å²) in [4.78, 5) is 0. The van der Waals surface area contributed by atoms with Crippen LogP contribution in [0.2, 0.25) is 0 Å². The van der Waals surface area contributed by atoms with Gasteiger partial charge < -0.3 is 0 Å². The Hall–Kier alpha value is 1.26. The standard InChI is InChI=1S/2Cr.2Cu.5O. The van der Waals surface area contributed by atoms with E-state index in [1.165, 1.54) is 0 Å². The Labute approximate surface area is 80.5 Å². The van der Waals surface area contributed by atoms with Crippen LogP contribution in [0.5, 0.6) is 0 Å². The second kappa shape index (κ2) is 34.8. The summed E-state index contributed by atoms with van der Waals surface area (Å²) in [5.41, 5.74) is 0. The summed E-state index contributed by atoms with van der Waals surface area (Å²) in [6.07, 6.45) is 0. The molecule has 0 heterocycles. The molecule has 0 saturated heterocycles. The van der Waals surface area contributed by atoms with E-state index in [9.17, 15) is 7.61 Å². The van der Waals surface area contributed by atoms with E-state index < -0.39 is 31.0 Å². The minimum atomic E-state index is -1.11. The van der Waals surface area contributed by atoms with Crippen LogP contribution in [0.15, 0.2) is 0 Å². The van der Waals surface area contributed by atoms with E-state index in [1.54, 1.807) is 0 Å². The van der Waals surface area contributed by atoms with Crippen molar-refractivity contribution < 1.29 is 81.0 Å². The van der Waals surface area contributed by atoms with Crippen molar-refractivity contribution in [3.05, 3.63) is 0 Å². The predicted octanol–water partition coefficient (Wildman–Crippen LogP) is -0.554. The van der Waals surface area contributed by atoms with E-state index in [0.29, 0.717) is 0 Å². The van der Waals surface area contributed by atoms with E-state index in [2.05, 4.69) is 34.7 Å². The molecule has 0 rings (SSSR count). The number of hydrogen-bond acceptors (Lipinski definition) is 5. The first kappa shape index (κ1) is 16.7. The second-order valence-electron chi connectivity index (χ2n) is 0.204. The Kier molecular flexibility index (Phi) is 64.5. The first-order valence-corrected chi connectivity index (χ1v) is 3.76. The van der Waals surface area contributed by atoms with Crippen molar-refractivity contribution in [1.82, 2.24) is 0 Å². The summed E-state index contributed by atoms with van der Waals surface area (Å²) >= 11 is 3.66. The van der Waals surface area contributed by atoms with Crippen LogP contribution in [0.1, 0.15) is 0 Å². The van der Waals surface area contributed by atoms with E-state index in [1.807, 2.05) is 0 Å². The molecule has 0 aromatic carbocycles. The van der Waals surface area contributed by atoms with Crippen molar-refractivity contribution in [2.75, 3.05) is 0 Å². The van der Waals surface area contributed by atoms with Gasteiger partial charge >= 0.3 is 81.0 Å². The molecule has 9 heteroatoms. The third-order valence-electron chi connectivity index (χ3n) is 0.0556. The number of hydrogen-bond donors (Lipinski definition) is 0. The molecule has 0 spiro atoms. The normalized spacial score (nSPS) is 4.89. The molecule has 9 heavy (non-hydrogen) atoms. The van der Waals surface area contributed by atoms with Crippen LogP contribution in [0.25, 0.3) is 0 Å². The molecule has 0 fully saturated rings. The van der Waals surface area contributed by atoms with Gasteiger partial charge in [0.25, 0.3) is 0 Å². The van der Waals surface area contributed by atoms with E-state index in [4.69, 9.17) is 7.67 Å². The van der Waals surface area contributed by atoms with Gasteiger partial charge in [0, 0.05) is 0 Å². The third kappa shape index (κ3) is 45.9. The molecule has 0 atom stereocenters. The van der Waals surface area contributed by atoms with Crippen LogP contribution in [-0.2, 0) is 81.0 Å². The fourth-order valence-electron chi connectivity index (χ4n) is 0.0113. The van der Waals surface area contributed by atoms with Gasteiger partial charge in [-0.3, -0.25) is 0 Å². The zero-order valence-corrected chi connectivity index (χ0v) is 7.89. The molecule has 0 aromatic rings. The van der Waals surface area contributed by atoms with Crippen molar-refractivity contribution in [1.29, 1.82) is 0 Å². The van der Waals surface area contributed by atoms with Gasteiger partial charge in [-0.1, -0.05) is 0 Å². The van der Waals surface area contributed by atoms with Crippen molar-refractivity contribution in [2.45, 2.75) is 0 Å². The summed E-state index contributed by atoms with van der Waals surface area (Å²) in [6, 6.07) is 0. The van der Waals surface area contributed by atoms with Crippen LogP contribution in [0.3, 0.4) is 0 Å². The van der Waals surface area contributed by atoms with Crippen LogP contribution in [0.4, 0.5) is 0 Å². The van der Waals surface area contributed by atoms with Crippen LogP contribution < -0.4 is 0 Å². The topological polar surface area (TPSA) is 77.5 Å². The molecule has 0 aromatic heterocycles. The van der Waals surface area contributed by atoms with Gasteiger partial charge in [-0.15, -0.1) is 0 Å². The van der Waals surface area contributed by atoms with Crippen LogP contribution in [0, 0.1) is 0 Å². The molecule has 0 N–H and O–H groups in total. The first-order valence-electron chi connectivity index (χ1n) is 0.913. The average Bonchev–Trinajstić information content (AvgIpc) is 1.98. The van der Waals surface area contributed by atoms with Crippen molar-refractivity contribution >= 4 is 0 Å². The van der Waals surface area contributed by atoms with Gasteiger partial charge in [0.15, 0.2) is 0 Å². The van der Waals surface area contributed by atoms with Crippen LogP contribution >= 0.6 is 0 Å². The average molecular weight is 311 g/mol. The summed E-state index contributed by atoms with van der Waals surface area (Å²) in [5.74, 6) is 0. The van der Waals surface area contributed by atoms with Crippen molar-refractivity contribution in [3.63, 3.8) is 0 Å². The van der Waals surface area contributed by atoms with Gasteiger partial charge in [0.2, 0.25) is 0 Å². The quantitative estimate of drug-likeness (QED) is 0.639. The molecule has 0 amide bonds. The Bertz CT molecular complexity index is 58.0. The Morgan fingerprint density at radius 3 is 1.11 bits per heavy atom. The van der Waals surface area contributed by atoms with Gasteiger partial charge in [-0.2, -0.15) is 0 Å². The van der Waals surface area contributed by atoms with Gasteiger partial charge in [-0.05, 0) is 0 Å². The van der Waals surface area contributed by atoms with E-state index >= 15 is 0 Å². The Morgan fingerprint density at radius 1 is 0.889 bits per heavy atom. The van der Waals surface area contributed by atoms with Gasteiger partial charge in [-0.25, -0.2) is 0 Å². The molecule has 0 unspecified atom stereocenters. The zero-order chi connectivity index (χ0) is 8.12. The molecule has 64 valence electrons. The van der Waals surface area contributed by atoms with Crippen molar-refractivity contribution in [3.8, 4) is 0 Å². The van der Waals surface area contributed by atoms with Crippen molar-refractivity contribution in [2.24, 2.45) is 0 Å². The first-order chi connectivity index (χ1) is 4.41. The minimum absolute atomic E-state index is 1.11. The van der Waals surface area contributed by atoms with Gasteiger partial charge in [0.1, 0.15) is 0 Å². The van der Waals surface area contributed by atoms with E-state index in [0.717, 1.165) is 0 Å².